The van der Waals surface area contributed by atoms with Crippen molar-refractivity contribution in [2.75, 3.05) is 19.8 Å². The van der Waals surface area contributed by atoms with Crippen molar-refractivity contribution in [3.05, 3.63) is 0 Å². The third kappa shape index (κ3) is 2.67. The third-order valence-corrected chi connectivity index (χ3v) is 1.31. The normalized spacial score (nSPS) is 26.5. The fourth-order valence-electron chi connectivity index (χ4n) is 0.767. The molecule has 5 nitrogen and oxygen atoms in total. The fraction of sp³-hybridized carbons (Fsp3) is 0.857. The van der Waals surface area contributed by atoms with Crippen LogP contribution < -0.4 is 0 Å². The minimum absolute atomic E-state index is 0.246. The Hall–Kier alpha value is -0.810. The summed E-state index contributed by atoms with van der Waals surface area (Å²) in [7, 11) is 0. The molecular weight excluding hydrogens is 162 g/mol. The van der Waals surface area contributed by atoms with E-state index in [2.05, 4.69) is 4.74 Å². The van der Waals surface area contributed by atoms with Gasteiger partial charge in [-0.25, -0.2) is 4.79 Å². The minimum atomic E-state index is -0.635. The molecule has 1 aliphatic heterocycles. The van der Waals surface area contributed by atoms with Crippen molar-refractivity contribution in [1.82, 2.24) is 5.06 Å². The van der Waals surface area contributed by atoms with Gasteiger partial charge in [-0.1, -0.05) is 0 Å². The minimum Gasteiger partial charge on any atom is -0.435 e. The fourth-order valence-corrected chi connectivity index (χ4v) is 0.767. The van der Waals surface area contributed by atoms with Gasteiger partial charge in [0.2, 0.25) is 0 Å². The van der Waals surface area contributed by atoms with E-state index in [4.69, 9.17) is 9.57 Å². The lowest BCUT2D eigenvalue weighted by atomic mass is 10.8. The predicted octanol–water partition coefficient (Wildman–Crippen LogP) is 0.753. The van der Waals surface area contributed by atoms with Crippen molar-refractivity contribution in [3.8, 4) is 0 Å². The molecule has 1 aliphatic rings. The highest BCUT2D eigenvalue weighted by Crippen LogP contribution is 2.18. The van der Waals surface area contributed by atoms with Crippen LogP contribution in [0.4, 0.5) is 4.79 Å². The van der Waals surface area contributed by atoms with Gasteiger partial charge in [0.05, 0.1) is 19.8 Å². The molecule has 0 spiro atoms. The number of ether oxygens (including phenoxy) is 2. The number of carbonyl (C=O) groups is 1. The first-order valence-corrected chi connectivity index (χ1v) is 4.00. The zero-order chi connectivity index (χ0) is 8.97. The Kier molecular flexibility index (Phi) is 3.31. The highest BCUT2D eigenvalue weighted by atomic mass is 16.8. The van der Waals surface area contributed by atoms with Crippen molar-refractivity contribution in [2.24, 2.45) is 0 Å². The van der Waals surface area contributed by atoms with Crippen LogP contribution in [0.2, 0.25) is 0 Å². The van der Waals surface area contributed by atoms with Crippen LogP contribution in [-0.4, -0.2) is 37.2 Å². The first-order chi connectivity index (χ1) is 5.77. The second-order valence-corrected chi connectivity index (χ2v) is 2.27. The molecular formula is C7H13NO4. The van der Waals surface area contributed by atoms with Gasteiger partial charge >= 0.3 is 6.16 Å². The number of nitrogens with zero attached hydrogens (tertiary/aromatic N) is 1. The van der Waals surface area contributed by atoms with Crippen molar-refractivity contribution >= 4 is 6.16 Å². The van der Waals surface area contributed by atoms with Gasteiger partial charge in [0, 0.05) is 0 Å². The monoisotopic (exact) mass is 175 g/mol. The SMILES string of the molecule is CCOC(=O)OC1CN1OCC. The van der Waals surface area contributed by atoms with Crippen LogP contribution in [0.15, 0.2) is 0 Å². The summed E-state index contributed by atoms with van der Waals surface area (Å²) in [4.78, 5) is 15.8. The average molecular weight is 175 g/mol. The largest absolute Gasteiger partial charge is 0.509 e. The summed E-state index contributed by atoms with van der Waals surface area (Å²) >= 11 is 0. The molecule has 2 unspecified atom stereocenters. The second-order valence-electron chi connectivity index (χ2n) is 2.27. The predicted molar refractivity (Wildman–Crippen MR) is 40.2 cm³/mol. The Balaban J connectivity index is 2.06. The van der Waals surface area contributed by atoms with Crippen LogP contribution in [0, 0.1) is 0 Å². The molecule has 0 bridgehead atoms. The Morgan fingerprint density at radius 3 is 2.83 bits per heavy atom. The molecule has 0 aromatic rings. The number of hydrogen-bond acceptors (Lipinski definition) is 5. The number of rotatable bonds is 4. The van der Waals surface area contributed by atoms with Gasteiger partial charge in [-0.3, -0.25) is 4.84 Å². The third-order valence-electron chi connectivity index (χ3n) is 1.31. The molecule has 0 aliphatic carbocycles. The molecule has 0 amide bonds. The van der Waals surface area contributed by atoms with Crippen molar-refractivity contribution in [3.63, 3.8) is 0 Å². The summed E-state index contributed by atoms with van der Waals surface area (Å²) in [6.07, 6.45) is -0.881. The van der Waals surface area contributed by atoms with E-state index < -0.39 is 6.16 Å². The summed E-state index contributed by atoms with van der Waals surface area (Å²) < 4.78 is 9.38. The number of hydrogen-bond donors (Lipinski definition) is 0. The van der Waals surface area contributed by atoms with E-state index in [1.165, 1.54) is 0 Å². The van der Waals surface area contributed by atoms with E-state index in [1.807, 2.05) is 6.92 Å². The van der Waals surface area contributed by atoms with Gasteiger partial charge < -0.3 is 9.47 Å². The maximum absolute atomic E-state index is 10.7. The molecule has 1 fully saturated rings. The van der Waals surface area contributed by atoms with E-state index in [0.29, 0.717) is 19.8 Å². The van der Waals surface area contributed by atoms with Crippen LogP contribution in [0.3, 0.4) is 0 Å². The standard InChI is InChI=1S/C7H13NO4/c1-3-10-7(9)12-6-5-8(6)11-4-2/h6H,3-5H2,1-2H3. The lowest BCUT2D eigenvalue weighted by molar-refractivity contribution is -0.106. The van der Waals surface area contributed by atoms with Gasteiger partial charge in [-0.05, 0) is 13.8 Å². The van der Waals surface area contributed by atoms with Crippen LogP contribution in [0.25, 0.3) is 0 Å². The van der Waals surface area contributed by atoms with Gasteiger partial charge in [0.15, 0.2) is 6.23 Å². The Morgan fingerprint density at radius 2 is 2.25 bits per heavy atom. The molecule has 1 heterocycles. The zero-order valence-corrected chi connectivity index (χ0v) is 7.28. The van der Waals surface area contributed by atoms with Gasteiger partial charge in [-0.15, -0.1) is 5.06 Å². The molecule has 0 saturated carbocycles. The smallest absolute Gasteiger partial charge is 0.435 e. The molecule has 0 aromatic carbocycles. The van der Waals surface area contributed by atoms with Gasteiger partial charge in [0.1, 0.15) is 0 Å². The molecule has 1 rings (SSSR count). The molecule has 2 atom stereocenters. The molecule has 0 aromatic heterocycles. The van der Waals surface area contributed by atoms with Crippen LogP contribution in [0.5, 0.6) is 0 Å². The molecule has 12 heavy (non-hydrogen) atoms. The first kappa shape index (κ1) is 9.28. The topological polar surface area (TPSA) is 47.8 Å². The number of hydroxylamine groups is 2. The summed E-state index contributed by atoms with van der Waals surface area (Å²) in [5.41, 5.74) is 0. The lowest BCUT2D eigenvalue weighted by Crippen LogP contribution is -2.13. The van der Waals surface area contributed by atoms with Crippen LogP contribution in [-0.2, 0) is 14.3 Å². The first-order valence-electron chi connectivity index (χ1n) is 4.00. The van der Waals surface area contributed by atoms with Gasteiger partial charge in [-0.2, -0.15) is 0 Å². The van der Waals surface area contributed by atoms with Gasteiger partial charge in [0.25, 0.3) is 0 Å². The quantitative estimate of drug-likeness (QED) is 0.466. The summed E-state index contributed by atoms with van der Waals surface area (Å²) in [6, 6.07) is 0. The number of carbonyl (C=O) groups excluding carboxylic acids is 1. The Labute approximate surface area is 71.1 Å². The van der Waals surface area contributed by atoms with Crippen LogP contribution >= 0.6 is 0 Å². The molecule has 0 radical (unpaired) electrons. The Morgan fingerprint density at radius 1 is 1.50 bits per heavy atom. The maximum Gasteiger partial charge on any atom is 0.509 e. The molecule has 1 saturated heterocycles. The maximum atomic E-state index is 10.7. The van der Waals surface area contributed by atoms with E-state index in [0.717, 1.165) is 0 Å². The second kappa shape index (κ2) is 4.27. The highest BCUT2D eigenvalue weighted by Gasteiger charge is 2.39. The summed E-state index contributed by atoms with van der Waals surface area (Å²) in [6.45, 7) is 5.16. The lowest BCUT2D eigenvalue weighted by Gasteiger charge is -2.03. The van der Waals surface area contributed by atoms with E-state index in [9.17, 15) is 4.79 Å². The molecule has 0 N–H and O–H groups in total. The van der Waals surface area contributed by atoms with Crippen molar-refractivity contribution in [2.45, 2.75) is 20.1 Å². The summed E-state index contributed by atoms with van der Waals surface area (Å²) in [5, 5.41) is 1.58. The summed E-state index contributed by atoms with van der Waals surface area (Å²) in [5.74, 6) is 0. The van der Waals surface area contributed by atoms with E-state index in [-0.39, 0.29) is 6.23 Å². The van der Waals surface area contributed by atoms with Crippen LogP contribution in [0.1, 0.15) is 13.8 Å². The van der Waals surface area contributed by atoms with Crippen molar-refractivity contribution in [1.29, 1.82) is 0 Å². The highest BCUT2D eigenvalue weighted by molar-refractivity contribution is 5.60. The van der Waals surface area contributed by atoms with Crippen molar-refractivity contribution < 1.29 is 19.1 Å². The van der Waals surface area contributed by atoms with E-state index in [1.54, 1.807) is 12.0 Å². The molecule has 5 heteroatoms. The average Bonchev–Trinajstić information content (AvgIpc) is 2.69. The zero-order valence-electron chi connectivity index (χ0n) is 7.28. The Bertz CT molecular complexity index is 161. The van der Waals surface area contributed by atoms with E-state index >= 15 is 0 Å². The molecule has 70 valence electrons.